The molecule has 2 N–H and O–H groups in total. The number of amides is 2. The summed E-state index contributed by atoms with van der Waals surface area (Å²) in [6, 6.07) is 8.98. The van der Waals surface area contributed by atoms with Crippen molar-refractivity contribution in [3.63, 3.8) is 0 Å². The van der Waals surface area contributed by atoms with Crippen LogP contribution in [-0.2, 0) is 6.54 Å². The summed E-state index contributed by atoms with van der Waals surface area (Å²) in [5.41, 5.74) is 1.41. The van der Waals surface area contributed by atoms with Crippen LogP contribution in [-0.4, -0.2) is 13.1 Å². The largest absolute Gasteiger partial charge is 0.341 e. The van der Waals surface area contributed by atoms with Crippen LogP contribution in [0.3, 0.4) is 0 Å². The maximum absolute atomic E-state index is 10.9. The highest BCUT2D eigenvalue weighted by atomic mass is 16.2. The Morgan fingerprint density at radius 3 is 2.56 bits per heavy atom. The fourth-order valence-electron chi connectivity index (χ4n) is 1.05. The Bertz CT molecular complexity index is 369. The highest BCUT2D eigenvalue weighted by molar-refractivity contribution is 5.73. The summed E-state index contributed by atoms with van der Waals surface area (Å²) < 4.78 is 0. The van der Waals surface area contributed by atoms with E-state index in [4.69, 9.17) is 5.26 Å². The first-order chi connectivity index (χ1) is 7.77. The summed E-state index contributed by atoms with van der Waals surface area (Å²) in [6.45, 7) is 4.36. The van der Waals surface area contributed by atoms with E-state index in [1.165, 1.54) is 0 Å². The first-order valence-electron chi connectivity index (χ1n) is 5.21. The Labute approximate surface area is 96.3 Å². The smallest absolute Gasteiger partial charge is 0.314 e. The van der Waals surface area contributed by atoms with E-state index in [1.54, 1.807) is 19.2 Å². The van der Waals surface area contributed by atoms with E-state index in [0.717, 1.165) is 5.56 Å². The number of rotatable bonds is 2. The van der Waals surface area contributed by atoms with Crippen LogP contribution in [0.25, 0.3) is 0 Å². The molecule has 0 saturated heterocycles. The molecule has 1 aromatic rings. The Kier molecular flexibility index (Phi) is 7.25. The molecule has 0 spiro atoms. The zero-order chi connectivity index (χ0) is 12.4. The SMILES string of the molecule is CC.CNC(=O)NCc1ccccc1C#N. The number of benzene rings is 1. The van der Waals surface area contributed by atoms with Gasteiger partial charge in [-0.3, -0.25) is 0 Å². The molecular formula is C12H17N3O. The Morgan fingerprint density at radius 1 is 1.38 bits per heavy atom. The molecule has 4 heteroatoms. The van der Waals surface area contributed by atoms with Crippen LogP contribution in [0.2, 0.25) is 0 Å². The van der Waals surface area contributed by atoms with Crippen LogP contribution in [0.1, 0.15) is 25.0 Å². The molecule has 0 aliphatic carbocycles. The average Bonchev–Trinajstić information content (AvgIpc) is 2.38. The highest BCUT2D eigenvalue weighted by Gasteiger charge is 2.01. The lowest BCUT2D eigenvalue weighted by atomic mass is 10.1. The van der Waals surface area contributed by atoms with E-state index >= 15 is 0 Å². The van der Waals surface area contributed by atoms with Crippen LogP contribution in [0.4, 0.5) is 4.79 Å². The highest BCUT2D eigenvalue weighted by Crippen LogP contribution is 2.06. The zero-order valence-corrected chi connectivity index (χ0v) is 9.87. The zero-order valence-electron chi connectivity index (χ0n) is 9.87. The second-order valence-corrected chi connectivity index (χ2v) is 2.70. The minimum Gasteiger partial charge on any atom is -0.341 e. The first kappa shape index (κ1) is 14.0. The van der Waals surface area contributed by atoms with Crippen LogP contribution in [0.15, 0.2) is 24.3 Å². The molecule has 0 aromatic heterocycles. The van der Waals surface area contributed by atoms with Crippen molar-refractivity contribution in [3.8, 4) is 6.07 Å². The van der Waals surface area contributed by atoms with Gasteiger partial charge in [0, 0.05) is 13.6 Å². The number of nitriles is 1. The lowest BCUT2D eigenvalue weighted by Gasteiger charge is -2.05. The van der Waals surface area contributed by atoms with Gasteiger partial charge >= 0.3 is 6.03 Å². The van der Waals surface area contributed by atoms with E-state index in [0.29, 0.717) is 12.1 Å². The minimum absolute atomic E-state index is 0.252. The number of nitrogens with one attached hydrogen (secondary N) is 2. The summed E-state index contributed by atoms with van der Waals surface area (Å²) in [6.07, 6.45) is 0. The van der Waals surface area contributed by atoms with Crippen molar-refractivity contribution >= 4 is 6.03 Å². The fraction of sp³-hybridized carbons (Fsp3) is 0.333. The van der Waals surface area contributed by atoms with Crippen molar-refractivity contribution in [3.05, 3.63) is 35.4 Å². The topological polar surface area (TPSA) is 64.9 Å². The molecule has 1 aromatic carbocycles. The van der Waals surface area contributed by atoms with Crippen molar-refractivity contribution in [2.24, 2.45) is 0 Å². The molecule has 0 aliphatic heterocycles. The standard InChI is InChI=1S/C10H11N3O.C2H6/c1-12-10(14)13-7-9-5-3-2-4-8(9)6-11;1-2/h2-5H,7H2,1H3,(H2,12,13,14);1-2H3. The maximum Gasteiger partial charge on any atom is 0.314 e. The van der Waals surface area contributed by atoms with Gasteiger partial charge in [0.15, 0.2) is 0 Å². The van der Waals surface area contributed by atoms with Gasteiger partial charge in [-0.25, -0.2) is 4.79 Å². The third-order valence-corrected chi connectivity index (χ3v) is 1.80. The molecule has 0 bridgehead atoms. The number of urea groups is 1. The molecule has 0 saturated carbocycles. The van der Waals surface area contributed by atoms with Crippen molar-refractivity contribution in [2.75, 3.05) is 7.05 Å². The molecule has 0 fully saturated rings. The predicted octanol–water partition coefficient (Wildman–Crippen LogP) is 2.01. The summed E-state index contributed by atoms with van der Waals surface area (Å²) in [7, 11) is 1.55. The molecule has 0 atom stereocenters. The lowest BCUT2D eigenvalue weighted by Crippen LogP contribution is -2.32. The van der Waals surface area contributed by atoms with Crippen molar-refractivity contribution in [1.82, 2.24) is 10.6 Å². The lowest BCUT2D eigenvalue weighted by molar-refractivity contribution is 0.242. The molecule has 0 unspecified atom stereocenters. The molecule has 16 heavy (non-hydrogen) atoms. The average molecular weight is 219 g/mol. The van der Waals surface area contributed by atoms with Gasteiger partial charge in [-0.05, 0) is 11.6 Å². The van der Waals surface area contributed by atoms with E-state index < -0.39 is 0 Å². The van der Waals surface area contributed by atoms with Crippen LogP contribution >= 0.6 is 0 Å². The van der Waals surface area contributed by atoms with Crippen molar-refractivity contribution < 1.29 is 4.79 Å². The van der Waals surface area contributed by atoms with Crippen LogP contribution in [0, 0.1) is 11.3 Å². The van der Waals surface area contributed by atoms with Gasteiger partial charge in [0.2, 0.25) is 0 Å². The maximum atomic E-state index is 10.9. The third kappa shape index (κ3) is 4.47. The van der Waals surface area contributed by atoms with Gasteiger partial charge in [0.1, 0.15) is 0 Å². The molecule has 2 amide bonds. The third-order valence-electron chi connectivity index (χ3n) is 1.80. The second kappa shape index (κ2) is 8.30. The van der Waals surface area contributed by atoms with Gasteiger partial charge in [0.05, 0.1) is 11.6 Å². The number of hydrogen-bond donors (Lipinski definition) is 2. The Hall–Kier alpha value is -2.02. The van der Waals surface area contributed by atoms with Gasteiger partial charge in [0.25, 0.3) is 0 Å². The summed E-state index contributed by atoms with van der Waals surface area (Å²) in [5.74, 6) is 0. The summed E-state index contributed by atoms with van der Waals surface area (Å²) >= 11 is 0. The molecule has 1 rings (SSSR count). The van der Waals surface area contributed by atoms with Crippen molar-refractivity contribution in [1.29, 1.82) is 5.26 Å². The molecule has 4 nitrogen and oxygen atoms in total. The quantitative estimate of drug-likeness (QED) is 0.799. The molecule has 86 valence electrons. The monoisotopic (exact) mass is 219 g/mol. The first-order valence-corrected chi connectivity index (χ1v) is 5.21. The van der Waals surface area contributed by atoms with E-state index in [9.17, 15) is 4.79 Å². The summed E-state index contributed by atoms with van der Waals surface area (Å²) in [5, 5.41) is 13.8. The minimum atomic E-state index is -0.252. The van der Waals surface area contributed by atoms with Crippen molar-refractivity contribution in [2.45, 2.75) is 20.4 Å². The van der Waals surface area contributed by atoms with E-state index in [1.807, 2.05) is 26.0 Å². The molecule has 0 heterocycles. The van der Waals surface area contributed by atoms with Crippen LogP contribution in [0.5, 0.6) is 0 Å². The number of nitrogens with zero attached hydrogens (tertiary/aromatic N) is 1. The van der Waals surface area contributed by atoms with Gasteiger partial charge in [-0.2, -0.15) is 5.26 Å². The second-order valence-electron chi connectivity index (χ2n) is 2.70. The Morgan fingerprint density at radius 2 is 2.00 bits per heavy atom. The van der Waals surface area contributed by atoms with E-state index in [2.05, 4.69) is 16.7 Å². The molecule has 0 radical (unpaired) electrons. The number of hydrogen-bond acceptors (Lipinski definition) is 2. The van der Waals surface area contributed by atoms with Gasteiger partial charge in [-0.1, -0.05) is 32.0 Å². The Balaban J connectivity index is 0.00000106. The summed E-state index contributed by atoms with van der Waals surface area (Å²) in [4.78, 5) is 10.9. The fourth-order valence-corrected chi connectivity index (χ4v) is 1.05. The number of carbonyl (C=O) groups excluding carboxylic acids is 1. The van der Waals surface area contributed by atoms with E-state index in [-0.39, 0.29) is 6.03 Å². The van der Waals surface area contributed by atoms with Crippen LogP contribution < -0.4 is 10.6 Å². The number of carbonyl (C=O) groups is 1. The molecule has 0 aliphatic rings. The van der Waals surface area contributed by atoms with Gasteiger partial charge < -0.3 is 10.6 Å². The molecular weight excluding hydrogens is 202 g/mol. The normalized spacial score (nSPS) is 8.12. The van der Waals surface area contributed by atoms with Gasteiger partial charge in [-0.15, -0.1) is 0 Å². The predicted molar refractivity (Wildman–Crippen MR) is 63.8 cm³/mol.